The smallest absolute Gasteiger partial charge is 0.138 e. The van der Waals surface area contributed by atoms with Crippen molar-refractivity contribution in [1.82, 2.24) is 10.3 Å². The minimum Gasteiger partial charge on any atom is -0.339 e. The summed E-state index contributed by atoms with van der Waals surface area (Å²) in [5, 5.41) is 17.2. The zero-order chi connectivity index (χ0) is 32.7. The van der Waals surface area contributed by atoms with Crippen molar-refractivity contribution in [3.8, 4) is 22.4 Å². The highest BCUT2D eigenvalue weighted by Gasteiger charge is 2.24. The summed E-state index contributed by atoms with van der Waals surface area (Å²) in [5.41, 5.74) is 12.4. The number of rotatable bonds is 5. The van der Waals surface area contributed by atoms with E-state index in [1.807, 2.05) is 60.8 Å². The number of fused-ring (bicyclic) bond motifs is 4. The van der Waals surface area contributed by atoms with Gasteiger partial charge in [0.25, 0.3) is 0 Å². The predicted octanol–water partition coefficient (Wildman–Crippen LogP) is 10.8. The van der Waals surface area contributed by atoms with Crippen LogP contribution in [0.2, 0.25) is 0 Å². The first-order valence-electron chi connectivity index (χ1n) is 16.7. The van der Waals surface area contributed by atoms with Crippen LogP contribution < -0.4 is 5.32 Å². The molecule has 1 aliphatic carbocycles. The summed E-state index contributed by atoms with van der Waals surface area (Å²) in [6, 6.07) is 46.1. The van der Waals surface area contributed by atoms with Gasteiger partial charge in [-0.1, -0.05) is 133 Å². The van der Waals surface area contributed by atoms with E-state index in [9.17, 15) is 0 Å². The average molecular weight is 629 g/mol. The number of para-hydroxylation sites is 1. The third-order valence-corrected chi connectivity index (χ3v) is 9.62. The maximum atomic E-state index is 8.79. The van der Waals surface area contributed by atoms with Crippen LogP contribution in [0.5, 0.6) is 0 Å². The Morgan fingerprint density at radius 2 is 1.37 bits per heavy atom. The standard InChI is InChI=1S/C45H32N4/c46-39(30-13-2-1-3-14-30)28-41-38-20-10-11-21-40(38)48-45(49-41)32-24-22-31(23-25-32)42-34-16-6-8-18-36(34)43(37-19-9-7-17-35(37)42)44-33-15-5-4-12-29(33)26-27-47-44/h1-8,10-18,20-28,46H,9,19H2,(H,48,49)/b41-28-,46-39?. The molecule has 7 aromatic rings. The zero-order valence-electron chi connectivity index (χ0n) is 26.8. The van der Waals surface area contributed by atoms with Crippen LogP contribution in [0.15, 0.2) is 157 Å². The maximum Gasteiger partial charge on any atom is 0.138 e. The summed E-state index contributed by atoms with van der Waals surface area (Å²) in [6.07, 6.45) is 10.4. The van der Waals surface area contributed by atoms with Crippen LogP contribution in [-0.4, -0.2) is 16.5 Å². The summed E-state index contributed by atoms with van der Waals surface area (Å²) < 4.78 is 0. The summed E-state index contributed by atoms with van der Waals surface area (Å²) >= 11 is 0. The molecule has 0 saturated heterocycles. The SMILES string of the molecule is N=C(/C=C1\NC(c2ccc(-c3c4c(c(-c5nccc6ccccc56)c5ccccc35)CCC=C4)cc2)=Nc2ccccc21)c1ccccc1. The maximum absolute atomic E-state index is 8.79. The number of amidine groups is 1. The van der Waals surface area contributed by atoms with E-state index in [2.05, 4.69) is 102 Å². The minimum atomic E-state index is 0.446. The van der Waals surface area contributed by atoms with Crippen LogP contribution in [-0.2, 0) is 6.42 Å². The van der Waals surface area contributed by atoms with Crippen molar-refractivity contribution in [2.24, 2.45) is 4.99 Å². The largest absolute Gasteiger partial charge is 0.339 e. The zero-order valence-corrected chi connectivity index (χ0v) is 26.8. The van der Waals surface area contributed by atoms with E-state index in [0.717, 1.165) is 52.4 Å². The molecule has 0 atom stereocenters. The van der Waals surface area contributed by atoms with Crippen LogP contribution in [0, 0.1) is 5.41 Å². The van der Waals surface area contributed by atoms with E-state index in [-0.39, 0.29) is 0 Å². The fraction of sp³-hybridized carbons (Fsp3) is 0.0444. The molecule has 9 rings (SSSR count). The normalized spacial score (nSPS) is 14.3. The fourth-order valence-electron chi connectivity index (χ4n) is 7.32. The third-order valence-electron chi connectivity index (χ3n) is 9.62. The topological polar surface area (TPSA) is 61.1 Å². The van der Waals surface area contributed by atoms with Gasteiger partial charge in [-0.3, -0.25) is 4.98 Å². The molecule has 2 N–H and O–H groups in total. The summed E-state index contributed by atoms with van der Waals surface area (Å²) in [4.78, 5) is 10.0. The lowest BCUT2D eigenvalue weighted by molar-refractivity contribution is 0.990. The van der Waals surface area contributed by atoms with Gasteiger partial charge in [0.05, 0.1) is 22.8 Å². The lowest BCUT2D eigenvalue weighted by Gasteiger charge is -2.24. The van der Waals surface area contributed by atoms with Crippen LogP contribution >= 0.6 is 0 Å². The van der Waals surface area contributed by atoms with Gasteiger partial charge < -0.3 is 10.7 Å². The van der Waals surface area contributed by atoms with Gasteiger partial charge in [0.2, 0.25) is 0 Å². The Balaban J connectivity index is 1.15. The van der Waals surface area contributed by atoms with Gasteiger partial charge in [0.15, 0.2) is 0 Å². The Bertz CT molecular complexity index is 2520. The number of hydrogen-bond donors (Lipinski definition) is 2. The van der Waals surface area contributed by atoms with Crippen molar-refractivity contribution < 1.29 is 0 Å². The fourth-order valence-corrected chi connectivity index (χ4v) is 7.32. The van der Waals surface area contributed by atoms with E-state index >= 15 is 0 Å². The molecular formula is C45H32N4. The highest BCUT2D eigenvalue weighted by Crippen LogP contribution is 2.45. The Morgan fingerprint density at radius 1 is 0.673 bits per heavy atom. The molecule has 0 radical (unpaired) electrons. The number of aliphatic imine (C=N–C) groups is 1. The molecule has 0 bridgehead atoms. The summed E-state index contributed by atoms with van der Waals surface area (Å²) in [6.45, 7) is 0. The molecule has 0 amide bonds. The molecule has 1 aliphatic heterocycles. The molecule has 0 fully saturated rings. The van der Waals surface area contributed by atoms with Crippen molar-refractivity contribution >= 4 is 50.6 Å². The lowest BCUT2D eigenvalue weighted by atomic mass is 9.80. The highest BCUT2D eigenvalue weighted by molar-refractivity contribution is 6.16. The van der Waals surface area contributed by atoms with E-state index < -0.39 is 0 Å². The van der Waals surface area contributed by atoms with Crippen LogP contribution in [0.4, 0.5) is 5.69 Å². The predicted molar refractivity (Wildman–Crippen MR) is 204 cm³/mol. The van der Waals surface area contributed by atoms with Gasteiger partial charge >= 0.3 is 0 Å². The molecule has 49 heavy (non-hydrogen) atoms. The molecule has 0 unspecified atom stereocenters. The number of aromatic nitrogens is 1. The van der Waals surface area contributed by atoms with Crippen LogP contribution in [0.1, 0.15) is 34.2 Å². The summed E-state index contributed by atoms with van der Waals surface area (Å²) in [7, 11) is 0. The van der Waals surface area contributed by atoms with E-state index in [1.165, 1.54) is 49.4 Å². The second-order valence-electron chi connectivity index (χ2n) is 12.5. The molecule has 0 saturated carbocycles. The molecule has 1 aromatic heterocycles. The molecule has 0 spiro atoms. The van der Waals surface area contributed by atoms with Crippen molar-refractivity contribution in [3.05, 3.63) is 180 Å². The number of nitrogens with one attached hydrogen (secondary N) is 2. The first kappa shape index (κ1) is 28.8. The first-order chi connectivity index (χ1) is 24.2. The minimum absolute atomic E-state index is 0.446. The van der Waals surface area contributed by atoms with Gasteiger partial charge in [-0.05, 0) is 75.0 Å². The molecule has 232 valence electrons. The highest BCUT2D eigenvalue weighted by atomic mass is 15.0. The third kappa shape index (κ3) is 5.06. The number of pyridine rings is 1. The van der Waals surface area contributed by atoms with Gasteiger partial charge in [-0.25, -0.2) is 4.99 Å². The molecule has 2 heterocycles. The average Bonchev–Trinajstić information content (AvgIpc) is 3.17. The van der Waals surface area contributed by atoms with E-state index in [1.54, 1.807) is 0 Å². The van der Waals surface area contributed by atoms with E-state index in [4.69, 9.17) is 15.4 Å². The van der Waals surface area contributed by atoms with E-state index in [0.29, 0.717) is 5.71 Å². The number of allylic oxidation sites excluding steroid dienone is 2. The van der Waals surface area contributed by atoms with Crippen LogP contribution in [0.3, 0.4) is 0 Å². The molecule has 4 nitrogen and oxygen atoms in total. The summed E-state index contributed by atoms with van der Waals surface area (Å²) in [5.74, 6) is 0.765. The second-order valence-corrected chi connectivity index (χ2v) is 12.5. The van der Waals surface area contributed by atoms with Gasteiger partial charge in [0.1, 0.15) is 5.84 Å². The Kier molecular flexibility index (Phi) is 7.06. The number of hydrogen-bond acceptors (Lipinski definition) is 4. The Morgan fingerprint density at radius 3 is 2.20 bits per heavy atom. The van der Waals surface area contributed by atoms with Gasteiger partial charge in [0, 0.05) is 28.3 Å². The van der Waals surface area contributed by atoms with Crippen molar-refractivity contribution in [3.63, 3.8) is 0 Å². The van der Waals surface area contributed by atoms with Gasteiger partial charge in [-0.15, -0.1) is 0 Å². The van der Waals surface area contributed by atoms with Crippen molar-refractivity contribution in [2.75, 3.05) is 0 Å². The molecule has 4 heteroatoms. The number of nitrogens with zero attached hydrogens (tertiary/aromatic N) is 2. The molecule has 6 aromatic carbocycles. The van der Waals surface area contributed by atoms with Crippen LogP contribution in [0.25, 0.3) is 55.7 Å². The van der Waals surface area contributed by atoms with Crippen molar-refractivity contribution in [2.45, 2.75) is 12.8 Å². The number of benzene rings is 6. The lowest BCUT2D eigenvalue weighted by Crippen LogP contribution is -2.26. The molecular weight excluding hydrogens is 597 g/mol. The Hall–Kier alpha value is -6.39. The Labute approximate surface area is 285 Å². The van der Waals surface area contributed by atoms with Crippen molar-refractivity contribution in [1.29, 1.82) is 5.41 Å². The first-order valence-corrected chi connectivity index (χ1v) is 16.7. The monoisotopic (exact) mass is 628 g/mol. The van der Waals surface area contributed by atoms with Gasteiger partial charge in [-0.2, -0.15) is 0 Å². The second kappa shape index (κ2) is 12.0. The molecule has 2 aliphatic rings. The quantitative estimate of drug-likeness (QED) is 0.186.